The fourth-order valence-electron chi connectivity index (χ4n) is 1.66. The highest BCUT2D eigenvalue weighted by Gasteiger charge is 2.30. The van der Waals surface area contributed by atoms with Crippen molar-refractivity contribution in [3.8, 4) is 0 Å². The largest absolute Gasteiger partial charge is 0.416 e. The number of hydrogen-bond acceptors (Lipinski definition) is 2. The molecule has 0 amide bonds. The van der Waals surface area contributed by atoms with Crippen LogP contribution in [0, 0.1) is 0 Å². The van der Waals surface area contributed by atoms with Gasteiger partial charge in [0.2, 0.25) is 0 Å². The molecule has 1 aromatic rings. The predicted octanol–water partition coefficient (Wildman–Crippen LogP) is 2.56. The molecule has 1 N–H and O–H groups in total. The van der Waals surface area contributed by atoms with Gasteiger partial charge in [-0.1, -0.05) is 18.2 Å². The Morgan fingerprint density at radius 1 is 1.28 bits per heavy atom. The van der Waals surface area contributed by atoms with Crippen molar-refractivity contribution in [3.05, 3.63) is 35.4 Å². The maximum Gasteiger partial charge on any atom is 0.416 e. The summed E-state index contributed by atoms with van der Waals surface area (Å²) in [6.07, 6.45) is -4.15. The van der Waals surface area contributed by atoms with Crippen LogP contribution in [-0.4, -0.2) is 36.8 Å². The second-order valence-electron chi connectivity index (χ2n) is 4.65. The fraction of sp³-hybridized carbons (Fsp3) is 0.538. The molecule has 0 saturated carbocycles. The summed E-state index contributed by atoms with van der Waals surface area (Å²) in [6, 6.07) is 5.11. The Bertz CT molecular complexity index is 377. The average Bonchev–Trinajstić information content (AvgIpc) is 2.25. The third-order valence-electron chi connectivity index (χ3n) is 2.64. The number of aliphatic hydroxyl groups excluding tert-OH is 1. The molecule has 0 radical (unpaired) electrons. The van der Waals surface area contributed by atoms with Crippen LogP contribution in [0.15, 0.2) is 24.3 Å². The van der Waals surface area contributed by atoms with Crippen molar-refractivity contribution in [2.75, 3.05) is 20.6 Å². The zero-order valence-corrected chi connectivity index (χ0v) is 10.5. The molecule has 0 fully saturated rings. The van der Waals surface area contributed by atoms with E-state index in [1.165, 1.54) is 6.07 Å². The molecule has 0 aromatic heterocycles. The van der Waals surface area contributed by atoms with Crippen molar-refractivity contribution in [2.45, 2.75) is 25.1 Å². The van der Waals surface area contributed by atoms with Crippen molar-refractivity contribution in [1.29, 1.82) is 0 Å². The predicted molar refractivity (Wildman–Crippen MR) is 64.3 cm³/mol. The number of benzene rings is 1. The van der Waals surface area contributed by atoms with Crippen LogP contribution in [0.3, 0.4) is 0 Å². The van der Waals surface area contributed by atoms with Crippen molar-refractivity contribution in [2.24, 2.45) is 0 Å². The van der Waals surface area contributed by atoms with Gasteiger partial charge >= 0.3 is 6.18 Å². The topological polar surface area (TPSA) is 23.5 Å². The number of rotatable bonds is 5. The summed E-state index contributed by atoms with van der Waals surface area (Å²) in [5, 5.41) is 9.74. The van der Waals surface area contributed by atoms with Crippen molar-refractivity contribution in [3.63, 3.8) is 0 Å². The number of aliphatic hydroxyl groups is 1. The van der Waals surface area contributed by atoms with E-state index in [0.717, 1.165) is 12.1 Å². The van der Waals surface area contributed by atoms with E-state index in [-0.39, 0.29) is 6.42 Å². The third-order valence-corrected chi connectivity index (χ3v) is 2.64. The number of nitrogens with zero attached hydrogens (tertiary/aromatic N) is 1. The molecule has 0 bridgehead atoms. The first-order chi connectivity index (χ1) is 8.29. The zero-order chi connectivity index (χ0) is 13.8. The van der Waals surface area contributed by atoms with E-state index in [0.29, 0.717) is 18.5 Å². The van der Waals surface area contributed by atoms with Crippen LogP contribution in [0.4, 0.5) is 13.2 Å². The molecule has 2 nitrogen and oxygen atoms in total. The van der Waals surface area contributed by atoms with E-state index in [4.69, 9.17) is 0 Å². The van der Waals surface area contributed by atoms with Crippen LogP contribution in [0.5, 0.6) is 0 Å². The van der Waals surface area contributed by atoms with Crippen molar-refractivity contribution >= 4 is 0 Å². The quantitative estimate of drug-likeness (QED) is 0.880. The SMILES string of the molecule is CN(C)CCC(O)Cc1cccc(C(F)(F)F)c1. The summed E-state index contributed by atoms with van der Waals surface area (Å²) in [6.45, 7) is 0.708. The molecular formula is C13H18F3NO. The van der Waals surface area contributed by atoms with Gasteiger partial charge in [-0.3, -0.25) is 0 Å². The molecule has 102 valence electrons. The number of hydrogen-bond donors (Lipinski definition) is 1. The van der Waals surface area contributed by atoms with Crippen LogP contribution in [0.2, 0.25) is 0 Å². The lowest BCUT2D eigenvalue weighted by molar-refractivity contribution is -0.137. The lowest BCUT2D eigenvalue weighted by atomic mass is 10.0. The Hall–Kier alpha value is -1.07. The van der Waals surface area contributed by atoms with Gasteiger partial charge in [0.1, 0.15) is 0 Å². The molecule has 5 heteroatoms. The molecule has 0 aliphatic rings. The van der Waals surface area contributed by atoms with E-state index >= 15 is 0 Å². The average molecular weight is 261 g/mol. The minimum Gasteiger partial charge on any atom is -0.393 e. The number of alkyl halides is 3. The first kappa shape index (κ1) is 15.0. The van der Waals surface area contributed by atoms with Crippen molar-refractivity contribution in [1.82, 2.24) is 4.90 Å². The van der Waals surface area contributed by atoms with Crippen LogP contribution in [0.1, 0.15) is 17.5 Å². The molecule has 1 rings (SSSR count). The summed E-state index contributed by atoms with van der Waals surface area (Å²) in [7, 11) is 3.77. The maximum absolute atomic E-state index is 12.5. The van der Waals surface area contributed by atoms with Crippen molar-refractivity contribution < 1.29 is 18.3 Å². The Balaban J connectivity index is 2.62. The van der Waals surface area contributed by atoms with E-state index in [1.807, 2.05) is 19.0 Å². The smallest absolute Gasteiger partial charge is 0.393 e. The van der Waals surface area contributed by atoms with Gasteiger partial charge < -0.3 is 10.0 Å². The zero-order valence-electron chi connectivity index (χ0n) is 10.5. The standard InChI is InChI=1S/C13H18F3NO/c1-17(2)7-6-12(18)9-10-4-3-5-11(8-10)13(14,15)16/h3-5,8,12,18H,6-7,9H2,1-2H3. The van der Waals surface area contributed by atoms with E-state index in [9.17, 15) is 18.3 Å². The molecule has 1 atom stereocenters. The summed E-state index contributed by atoms with van der Waals surface area (Å²) >= 11 is 0. The highest BCUT2D eigenvalue weighted by atomic mass is 19.4. The Labute approximate surface area is 105 Å². The second kappa shape index (κ2) is 6.20. The molecule has 1 aromatic carbocycles. The monoisotopic (exact) mass is 261 g/mol. The first-order valence-electron chi connectivity index (χ1n) is 5.78. The molecular weight excluding hydrogens is 243 g/mol. The van der Waals surface area contributed by atoms with Gasteiger partial charge in [0.05, 0.1) is 11.7 Å². The molecule has 18 heavy (non-hydrogen) atoms. The van der Waals surface area contributed by atoms with Crippen LogP contribution < -0.4 is 0 Å². The maximum atomic E-state index is 12.5. The summed E-state index contributed by atoms with van der Waals surface area (Å²) < 4.78 is 37.5. The minimum atomic E-state index is -4.33. The summed E-state index contributed by atoms with van der Waals surface area (Å²) in [5.41, 5.74) is -0.157. The molecule has 0 aliphatic carbocycles. The minimum absolute atomic E-state index is 0.248. The Morgan fingerprint density at radius 2 is 1.94 bits per heavy atom. The normalized spacial score (nSPS) is 13.9. The van der Waals surface area contributed by atoms with Gasteiger partial charge in [-0.25, -0.2) is 0 Å². The van der Waals surface area contributed by atoms with Gasteiger partial charge in [0.25, 0.3) is 0 Å². The molecule has 0 aliphatic heterocycles. The second-order valence-corrected chi connectivity index (χ2v) is 4.65. The van der Waals surface area contributed by atoms with Crippen LogP contribution >= 0.6 is 0 Å². The lowest BCUT2D eigenvalue weighted by Crippen LogP contribution is -2.21. The van der Waals surface area contributed by atoms with Gasteiger partial charge in [0.15, 0.2) is 0 Å². The molecule has 0 heterocycles. The van der Waals surface area contributed by atoms with Gasteiger partial charge in [-0.15, -0.1) is 0 Å². The summed E-state index contributed by atoms with van der Waals surface area (Å²) in [4.78, 5) is 1.93. The third kappa shape index (κ3) is 5.06. The van der Waals surface area contributed by atoms with Crippen LogP contribution in [0.25, 0.3) is 0 Å². The van der Waals surface area contributed by atoms with Gasteiger partial charge in [-0.05, 0) is 45.1 Å². The van der Waals surface area contributed by atoms with Crippen LogP contribution in [-0.2, 0) is 12.6 Å². The Kier molecular flexibility index (Phi) is 5.16. The highest BCUT2D eigenvalue weighted by Crippen LogP contribution is 2.29. The molecule has 1 unspecified atom stereocenters. The number of halogens is 3. The molecule has 0 spiro atoms. The summed E-state index contributed by atoms with van der Waals surface area (Å²) in [5.74, 6) is 0. The molecule has 0 saturated heterocycles. The first-order valence-corrected chi connectivity index (χ1v) is 5.78. The van der Waals surface area contributed by atoms with Gasteiger partial charge in [0, 0.05) is 0 Å². The highest BCUT2D eigenvalue weighted by molar-refractivity contribution is 5.26. The van der Waals surface area contributed by atoms with E-state index in [1.54, 1.807) is 6.07 Å². The Morgan fingerprint density at radius 3 is 2.50 bits per heavy atom. The van der Waals surface area contributed by atoms with E-state index in [2.05, 4.69) is 0 Å². The fourth-order valence-corrected chi connectivity index (χ4v) is 1.66. The van der Waals surface area contributed by atoms with Gasteiger partial charge in [-0.2, -0.15) is 13.2 Å². The van der Waals surface area contributed by atoms with E-state index < -0.39 is 17.8 Å². The lowest BCUT2D eigenvalue weighted by Gasteiger charge is -2.15.